The molecule has 1 aromatic rings. The maximum atomic E-state index is 12.5. The van der Waals surface area contributed by atoms with E-state index >= 15 is 0 Å². The molecule has 0 radical (unpaired) electrons. The van der Waals surface area contributed by atoms with Gasteiger partial charge in [0.15, 0.2) is 0 Å². The summed E-state index contributed by atoms with van der Waals surface area (Å²) in [6.07, 6.45) is 0.836. The molecule has 5 heteroatoms. The third-order valence-electron chi connectivity index (χ3n) is 3.39. The van der Waals surface area contributed by atoms with E-state index in [-0.39, 0.29) is 17.7 Å². The van der Waals surface area contributed by atoms with Crippen LogP contribution in [0.5, 0.6) is 11.5 Å². The molecule has 104 valence electrons. The maximum Gasteiger partial charge on any atom is 0.258 e. The summed E-state index contributed by atoms with van der Waals surface area (Å²) < 4.78 is 10.4. The second-order valence-corrected chi connectivity index (χ2v) is 4.52. The number of carbonyl (C=O) groups is 1. The molecule has 1 fully saturated rings. The van der Waals surface area contributed by atoms with E-state index in [9.17, 15) is 9.90 Å². The number of nitrogens with zero attached hydrogens (tertiary/aromatic N) is 1. The summed E-state index contributed by atoms with van der Waals surface area (Å²) in [6, 6.07) is 4.80. The molecular weight excluding hydrogens is 246 g/mol. The number of ether oxygens (including phenoxy) is 2. The van der Waals surface area contributed by atoms with Crippen molar-refractivity contribution >= 4 is 5.91 Å². The van der Waals surface area contributed by atoms with Crippen molar-refractivity contribution in [1.29, 1.82) is 0 Å². The van der Waals surface area contributed by atoms with Gasteiger partial charge in [-0.15, -0.1) is 0 Å². The van der Waals surface area contributed by atoms with E-state index in [0.29, 0.717) is 31.1 Å². The van der Waals surface area contributed by atoms with Gasteiger partial charge in [-0.1, -0.05) is 6.92 Å². The molecule has 2 rings (SSSR count). The van der Waals surface area contributed by atoms with Gasteiger partial charge in [0.2, 0.25) is 0 Å². The fourth-order valence-corrected chi connectivity index (χ4v) is 2.23. The van der Waals surface area contributed by atoms with Gasteiger partial charge in [0.1, 0.15) is 11.5 Å². The normalized spacial score (nSPS) is 19.3. The molecule has 1 amide bonds. The topological polar surface area (TPSA) is 59.0 Å². The first-order valence-electron chi connectivity index (χ1n) is 6.43. The number of carbonyl (C=O) groups excluding carboxylic acids is 1. The molecule has 1 heterocycles. The van der Waals surface area contributed by atoms with Crippen LogP contribution in [0.25, 0.3) is 0 Å². The first-order valence-corrected chi connectivity index (χ1v) is 6.43. The van der Waals surface area contributed by atoms with Crippen LogP contribution in [0, 0.1) is 0 Å². The Labute approximate surface area is 112 Å². The van der Waals surface area contributed by atoms with Crippen molar-refractivity contribution in [1.82, 2.24) is 4.90 Å². The van der Waals surface area contributed by atoms with E-state index < -0.39 is 0 Å². The number of phenolic OH excluding ortho intramolecular Hbond substituents is 1. The number of hydrogen-bond donors (Lipinski definition) is 1. The molecule has 5 nitrogen and oxygen atoms in total. The molecule has 1 aliphatic rings. The largest absolute Gasteiger partial charge is 0.507 e. The Kier molecular flexibility index (Phi) is 4.27. The van der Waals surface area contributed by atoms with Crippen molar-refractivity contribution in [3.63, 3.8) is 0 Å². The lowest BCUT2D eigenvalue weighted by Crippen LogP contribution is -2.48. The van der Waals surface area contributed by atoms with Crippen LogP contribution >= 0.6 is 0 Å². The van der Waals surface area contributed by atoms with Gasteiger partial charge in [-0.3, -0.25) is 4.79 Å². The number of phenols is 1. The predicted octanol–water partition coefficient (Wildman–Crippen LogP) is 1.65. The van der Waals surface area contributed by atoms with Gasteiger partial charge in [-0.25, -0.2) is 0 Å². The standard InChI is InChI=1S/C14H19NO4/c1-3-10-9-19-7-6-15(10)14(17)12-5-4-11(18-2)8-13(12)16/h4-5,8,10,16H,3,6-7,9H2,1-2H3. The Morgan fingerprint density at radius 3 is 3.00 bits per heavy atom. The maximum absolute atomic E-state index is 12.5. The van der Waals surface area contributed by atoms with Crippen LogP contribution in [0.4, 0.5) is 0 Å². The van der Waals surface area contributed by atoms with Gasteiger partial charge in [-0.05, 0) is 18.6 Å². The van der Waals surface area contributed by atoms with E-state index in [1.54, 1.807) is 17.0 Å². The van der Waals surface area contributed by atoms with Crippen LogP contribution in [-0.4, -0.2) is 48.8 Å². The monoisotopic (exact) mass is 265 g/mol. The molecule has 1 aromatic carbocycles. The molecule has 19 heavy (non-hydrogen) atoms. The molecule has 0 spiro atoms. The zero-order chi connectivity index (χ0) is 13.8. The van der Waals surface area contributed by atoms with Crippen LogP contribution in [0.2, 0.25) is 0 Å². The third-order valence-corrected chi connectivity index (χ3v) is 3.39. The Morgan fingerprint density at radius 1 is 1.58 bits per heavy atom. The summed E-state index contributed by atoms with van der Waals surface area (Å²) in [5.41, 5.74) is 0.307. The Bertz CT molecular complexity index is 461. The Hall–Kier alpha value is -1.75. The molecular formula is C14H19NO4. The second-order valence-electron chi connectivity index (χ2n) is 4.52. The van der Waals surface area contributed by atoms with Crippen molar-refractivity contribution in [2.75, 3.05) is 26.9 Å². The molecule has 1 unspecified atom stereocenters. The van der Waals surface area contributed by atoms with Gasteiger partial charge >= 0.3 is 0 Å². The molecule has 0 saturated carbocycles. The molecule has 1 atom stereocenters. The minimum absolute atomic E-state index is 0.0503. The molecule has 1 saturated heterocycles. The molecule has 0 aromatic heterocycles. The van der Waals surface area contributed by atoms with Crippen LogP contribution < -0.4 is 4.74 Å². The summed E-state index contributed by atoms with van der Waals surface area (Å²) in [6.45, 7) is 3.68. The van der Waals surface area contributed by atoms with Crippen molar-refractivity contribution in [3.05, 3.63) is 23.8 Å². The predicted molar refractivity (Wildman–Crippen MR) is 70.6 cm³/mol. The molecule has 0 bridgehead atoms. The molecule has 1 N–H and O–H groups in total. The molecule has 0 aliphatic carbocycles. The second kappa shape index (κ2) is 5.93. The number of methoxy groups -OCH3 is 1. The number of hydrogen-bond acceptors (Lipinski definition) is 4. The van der Waals surface area contributed by atoms with Crippen LogP contribution in [-0.2, 0) is 4.74 Å². The average molecular weight is 265 g/mol. The highest BCUT2D eigenvalue weighted by molar-refractivity contribution is 5.97. The highest BCUT2D eigenvalue weighted by Crippen LogP contribution is 2.26. The third kappa shape index (κ3) is 2.81. The first kappa shape index (κ1) is 13.7. The number of amides is 1. The van der Waals surface area contributed by atoms with Crippen molar-refractivity contribution in [2.24, 2.45) is 0 Å². The Morgan fingerprint density at radius 2 is 2.37 bits per heavy atom. The number of rotatable bonds is 3. The number of aromatic hydroxyl groups is 1. The van der Waals surface area contributed by atoms with Crippen LogP contribution in [0.15, 0.2) is 18.2 Å². The smallest absolute Gasteiger partial charge is 0.258 e. The first-order chi connectivity index (χ1) is 9.17. The highest BCUT2D eigenvalue weighted by atomic mass is 16.5. The summed E-state index contributed by atoms with van der Waals surface area (Å²) in [5.74, 6) is 0.323. The van der Waals surface area contributed by atoms with Gasteiger partial charge in [0, 0.05) is 12.6 Å². The quantitative estimate of drug-likeness (QED) is 0.902. The van der Waals surface area contributed by atoms with E-state index in [0.717, 1.165) is 6.42 Å². The van der Waals surface area contributed by atoms with Crippen molar-refractivity contribution < 1.29 is 19.4 Å². The molecule has 1 aliphatic heterocycles. The zero-order valence-electron chi connectivity index (χ0n) is 11.3. The van der Waals surface area contributed by atoms with Gasteiger partial charge < -0.3 is 19.5 Å². The van der Waals surface area contributed by atoms with E-state index in [1.165, 1.54) is 13.2 Å². The minimum Gasteiger partial charge on any atom is -0.507 e. The fraction of sp³-hybridized carbons (Fsp3) is 0.500. The summed E-state index contributed by atoms with van der Waals surface area (Å²) in [4.78, 5) is 14.2. The number of morpholine rings is 1. The van der Waals surface area contributed by atoms with Gasteiger partial charge in [-0.2, -0.15) is 0 Å². The van der Waals surface area contributed by atoms with Gasteiger partial charge in [0.25, 0.3) is 5.91 Å². The van der Waals surface area contributed by atoms with Crippen molar-refractivity contribution in [2.45, 2.75) is 19.4 Å². The fourth-order valence-electron chi connectivity index (χ4n) is 2.23. The average Bonchev–Trinajstić information content (AvgIpc) is 2.46. The van der Waals surface area contributed by atoms with Crippen LogP contribution in [0.3, 0.4) is 0 Å². The lowest BCUT2D eigenvalue weighted by molar-refractivity contribution is -0.00293. The SMILES string of the molecule is CCC1COCCN1C(=O)c1ccc(OC)cc1O. The highest BCUT2D eigenvalue weighted by Gasteiger charge is 2.28. The van der Waals surface area contributed by atoms with E-state index in [4.69, 9.17) is 9.47 Å². The number of benzene rings is 1. The van der Waals surface area contributed by atoms with E-state index in [1.807, 2.05) is 6.92 Å². The van der Waals surface area contributed by atoms with E-state index in [2.05, 4.69) is 0 Å². The van der Waals surface area contributed by atoms with Crippen LogP contribution in [0.1, 0.15) is 23.7 Å². The lowest BCUT2D eigenvalue weighted by atomic mass is 10.1. The zero-order valence-corrected chi connectivity index (χ0v) is 11.3. The lowest BCUT2D eigenvalue weighted by Gasteiger charge is -2.35. The summed E-state index contributed by atoms with van der Waals surface area (Å²) >= 11 is 0. The Balaban J connectivity index is 2.23. The van der Waals surface area contributed by atoms with Crippen molar-refractivity contribution in [3.8, 4) is 11.5 Å². The summed E-state index contributed by atoms with van der Waals surface area (Å²) in [7, 11) is 1.52. The summed E-state index contributed by atoms with van der Waals surface area (Å²) in [5, 5.41) is 9.92. The van der Waals surface area contributed by atoms with Gasteiger partial charge in [0.05, 0.1) is 31.9 Å². The minimum atomic E-state index is -0.157.